The lowest BCUT2D eigenvalue weighted by Crippen LogP contribution is -2.67. The second-order valence-corrected chi connectivity index (χ2v) is 8.05. The van der Waals surface area contributed by atoms with Crippen LogP contribution < -0.4 is 5.32 Å². The Bertz CT molecular complexity index is 464. The van der Waals surface area contributed by atoms with Crippen molar-refractivity contribution in [1.82, 2.24) is 15.2 Å². The molecule has 0 radical (unpaired) electrons. The lowest BCUT2D eigenvalue weighted by Gasteiger charge is -2.51. The molecule has 0 bridgehead atoms. The summed E-state index contributed by atoms with van der Waals surface area (Å²) in [5.74, 6) is 0.872. The number of aromatic nitrogens is 1. The molecule has 1 aliphatic carbocycles. The van der Waals surface area contributed by atoms with E-state index in [4.69, 9.17) is 0 Å². The van der Waals surface area contributed by atoms with Crippen molar-refractivity contribution in [1.29, 1.82) is 0 Å². The highest BCUT2D eigenvalue weighted by molar-refractivity contribution is 7.09. The van der Waals surface area contributed by atoms with E-state index in [2.05, 4.69) is 48.3 Å². The molecule has 1 unspecified atom stereocenters. The largest absolute Gasteiger partial charge is 0.309 e. The lowest BCUT2D eigenvalue weighted by atomic mass is 9.86. The minimum atomic E-state index is 0.209. The Labute approximate surface area is 120 Å². The zero-order valence-corrected chi connectivity index (χ0v) is 13.3. The van der Waals surface area contributed by atoms with Gasteiger partial charge in [0.2, 0.25) is 0 Å². The number of nitrogens with one attached hydrogen (secondary N) is 1. The van der Waals surface area contributed by atoms with Gasteiger partial charge in [-0.15, -0.1) is 11.3 Å². The Morgan fingerprint density at radius 2 is 2.16 bits per heavy atom. The van der Waals surface area contributed by atoms with Crippen LogP contribution in [0.25, 0.3) is 0 Å². The summed E-state index contributed by atoms with van der Waals surface area (Å²) in [5.41, 5.74) is 1.68. The molecule has 0 spiro atoms. The first-order valence-electron chi connectivity index (χ1n) is 7.30. The molecule has 2 fully saturated rings. The van der Waals surface area contributed by atoms with Gasteiger partial charge in [0.15, 0.2) is 0 Å². The lowest BCUT2D eigenvalue weighted by molar-refractivity contribution is 0.00515. The average molecular weight is 279 g/mol. The topological polar surface area (TPSA) is 28.2 Å². The van der Waals surface area contributed by atoms with Gasteiger partial charge in [-0.3, -0.25) is 4.90 Å². The van der Waals surface area contributed by atoms with Crippen LogP contribution in [-0.4, -0.2) is 34.1 Å². The monoisotopic (exact) mass is 279 g/mol. The third-order valence-electron chi connectivity index (χ3n) is 4.68. The van der Waals surface area contributed by atoms with Gasteiger partial charge in [-0.25, -0.2) is 4.98 Å². The molecule has 1 aliphatic heterocycles. The molecule has 1 aromatic heterocycles. The van der Waals surface area contributed by atoms with Crippen LogP contribution in [-0.2, 0) is 6.54 Å². The van der Waals surface area contributed by atoms with E-state index in [1.165, 1.54) is 17.8 Å². The Balaban J connectivity index is 1.80. The second kappa shape index (κ2) is 4.54. The number of aryl methyl sites for hydroxylation is 1. The molecule has 2 aliphatic rings. The van der Waals surface area contributed by atoms with E-state index in [1.54, 1.807) is 11.3 Å². The molecule has 4 heteroatoms. The first-order valence-corrected chi connectivity index (χ1v) is 8.18. The minimum Gasteiger partial charge on any atom is -0.309 e. The van der Waals surface area contributed by atoms with Crippen molar-refractivity contribution in [2.75, 3.05) is 13.1 Å². The van der Waals surface area contributed by atoms with Gasteiger partial charge < -0.3 is 5.32 Å². The molecular formula is C15H25N3S. The summed E-state index contributed by atoms with van der Waals surface area (Å²) in [5, 5.41) is 7.16. The molecule has 1 N–H and O–H groups in total. The number of rotatable bonds is 3. The third-order valence-corrected chi connectivity index (χ3v) is 5.63. The Hall–Kier alpha value is -0.450. The van der Waals surface area contributed by atoms with Gasteiger partial charge in [0, 0.05) is 35.2 Å². The van der Waals surface area contributed by atoms with Crippen molar-refractivity contribution in [3.05, 3.63) is 16.1 Å². The standard InChI is InChI=1S/C15H25N3S/c1-11-8-19-13(17-11)7-18-10-14(2,3)16-9-15(18,4)12-5-6-12/h8,12,16H,5-7,9-10H2,1-4H3. The first-order chi connectivity index (χ1) is 8.89. The molecule has 0 aromatic carbocycles. The number of piperazine rings is 1. The minimum absolute atomic E-state index is 0.209. The molecule has 2 heterocycles. The van der Waals surface area contributed by atoms with Crippen molar-refractivity contribution in [2.24, 2.45) is 5.92 Å². The van der Waals surface area contributed by atoms with Gasteiger partial charge in [-0.05, 0) is 46.5 Å². The normalized spacial score (nSPS) is 31.6. The van der Waals surface area contributed by atoms with Crippen molar-refractivity contribution >= 4 is 11.3 Å². The molecule has 1 saturated heterocycles. The van der Waals surface area contributed by atoms with Crippen molar-refractivity contribution in [2.45, 2.75) is 58.2 Å². The highest BCUT2D eigenvalue weighted by atomic mass is 32.1. The Kier molecular flexibility index (Phi) is 3.23. The zero-order chi connectivity index (χ0) is 13.7. The molecule has 1 aromatic rings. The Morgan fingerprint density at radius 3 is 2.74 bits per heavy atom. The number of thiazole rings is 1. The molecule has 19 heavy (non-hydrogen) atoms. The summed E-state index contributed by atoms with van der Waals surface area (Å²) in [4.78, 5) is 7.33. The Morgan fingerprint density at radius 1 is 1.42 bits per heavy atom. The van der Waals surface area contributed by atoms with Gasteiger partial charge in [-0.2, -0.15) is 0 Å². The fourth-order valence-electron chi connectivity index (χ4n) is 3.23. The maximum atomic E-state index is 4.65. The van der Waals surface area contributed by atoms with Gasteiger partial charge in [-0.1, -0.05) is 0 Å². The fourth-order valence-corrected chi connectivity index (χ4v) is 4.01. The predicted molar refractivity (Wildman–Crippen MR) is 80.5 cm³/mol. The van der Waals surface area contributed by atoms with Crippen LogP contribution in [0.4, 0.5) is 0 Å². The van der Waals surface area contributed by atoms with Gasteiger partial charge in [0.1, 0.15) is 5.01 Å². The smallest absolute Gasteiger partial charge is 0.107 e. The van der Waals surface area contributed by atoms with E-state index in [1.807, 2.05) is 0 Å². The number of nitrogens with zero attached hydrogens (tertiary/aromatic N) is 2. The van der Waals surface area contributed by atoms with Crippen molar-refractivity contribution in [3.8, 4) is 0 Å². The summed E-state index contributed by atoms with van der Waals surface area (Å²) in [6.07, 6.45) is 2.79. The molecular weight excluding hydrogens is 254 g/mol. The first kappa shape index (κ1) is 13.5. The molecule has 3 nitrogen and oxygen atoms in total. The van der Waals surface area contributed by atoms with E-state index in [9.17, 15) is 0 Å². The van der Waals surface area contributed by atoms with E-state index < -0.39 is 0 Å². The van der Waals surface area contributed by atoms with Crippen LogP contribution in [0.5, 0.6) is 0 Å². The molecule has 1 saturated carbocycles. The van der Waals surface area contributed by atoms with Crippen molar-refractivity contribution in [3.63, 3.8) is 0 Å². The summed E-state index contributed by atoms with van der Waals surface area (Å²) in [6.45, 7) is 12.4. The number of hydrogen-bond donors (Lipinski definition) is 1. The van der Waals surface area contributed by atoms with E-state index in [0.717, 1.165) is 31.2 Å². The maximum Gasteiger partial charge on any atom is 0.107 e. The van der Waals surface area contributed by atoms with Gasteiger partial charge >= 0.3 is 0 Å². The highest BCUT2D eigenvalue weighted by Gasteiger charge is 2.49. The third kappa shape index (κ3) is 2.71. The van der Waals surface area contributed by atoms with E-state index >= 15 is 0 Å². The van der Waals surface area contributed by atoms with Crippen LogP contribution in [0.2, 0.25) is 0 Å². The van der Waals surface area contributed by atoms with Crippen molar-refractivity contribution < 1.29 is 0 Å². The average Bonchev–Trinajstić information content (AvgIpc) is 3.10. The summed E-state index contributed by atoms with van der Waals surface area (Å²) in [7, 11) is 0. The highest BCUT2D eigenvalue weighted by Crippen LogP contribution is 2.45. The van der Waals surface area contributed by atoms with Crippen LogP contribution in [0.3, 0.4) is 0 Å². The van der Waals surface area contributed by atoms with Crippen LogP contribution in [0.15, 0.2) is 5.38 Å². The van der Waals surface area contributed by atoms with Crippen LogP contribution in [0, 0.1) is 12.8 Å². The predicted octanol–water partition coefficient (Wildman–Crippen LogP) is 2.80. The fraction of sp³-hybridized carbons (Fsp3) is 0.800. The van der Waals surface area contributed by atoms with E-state index in [0.29, 0.717) is 5.54 Å². The quantitative estimate of drug-likeness (QED) is 0.922. The maximum absolute atomic E-state index is 4.65. The summed E-state index contributed by atoms with van der Waals surface area (Å²) >= 11 is 1.80. The molecule has 3 rings (SSSR count). The zero-order valence-electron chi connectivity index (χ0n) is 12.5. The van der Waals surface area contributed by atoms with Crippen LogP contribution >= 0.6 is 11.3 Å². The van der Waals surface area contributed by atoms with Crippen LogP contribution in [0.1, 0.15) is 44.3 Å². The summed E-state index contributed by atoms with van der Waals surface area (Å²) in [6, 6.07) is 0. The number of hydrogen-bond acceptors (Lipinski definition) is 4. The van der Waals surface area contributed by atoms with Gasteiger partial charge in [0.05, 0.1) is 6.54 Å². The molecule has 1 atom stereocenters. The summed E-state index contributed by atoms with van der Waals surface area (Å²) < 4.78 is 0. The second-order valence-electron chi connectivity index (χ2n) is 7.11. The van der Waals surface area contributed by atoms with Gasteiger partial charge in [0.25, 0.3) is 0 Å². The SMILES string of the molecule is Cc1csc(CN2CC(C)(C)NCC2(C)C2CC2)n1. The molecule has 0 amide bonds. The van der Waals surface area contributed by atoms with E-state index in [-0.39, 0.29) is 5.54 Å². The molecule has 106 valence electrons.